The van der Waals surface area contributed by atoms with E-state index in [2.05, 4.69) is 0 Å². The first-order chi connectivity index (χ1) is 5.66. The molecule has 4 heteroatoms. The van der Waals surface area contributed by atoms with Gasteiger partial charge in [-0.05, 0) is 12.1 Å². The van der Waals surface area contributed by atoms with Gasteiger partial charge in [-0.3, -0.25) is 0 Å². The van der Waals surface area contributed by atoms with E-state index in [0.717, 1.165) is 0 Å². The Morgan fingerprint density at radius 3 is 2.17 bits per heavy atom. The number of aliphatic hydroxyl groups excluding tert-OH is 2. The van der Waals surface area contributed by atoms with Crippen molar-refractivity contribution in [3.05, 3.63) is 23.8 Å². The molecule has 0 radical (unpaired) electrons. The van der Waals surface area contributed by atoms with Gasteiger partial charge in [0.05, 0.1) is 6.61 Å². The molecule has 0 amide bonds. The number of hydrogen-bond acceptors (Lipinski definition) is 4. The summed E-state index contributed by atoms with van der Waals surface area (Å²) < 4.78 is 0. The third kappa shape index (κ3) is 1.49. The zero-order valence-electron chi connectivity index (χ0n) is 6.57. The Kier molecular flexibility index (Phi) is 2.52. The highest BCUT2D eigenvalue weighted by Gasteiger charge is 2.12. The summed E-state index contributed by atoms with van der Waals surface area (Å²) in [6.07, 6.45) is -0.994. The van der Waals surface area contributed by atoms with E-state index in [1.807, 2.05) is 0 Å². The monoisotopic (exact) mass is 168 g/mol. The molecule has 0 saturated carbocycles. The molecule has 0 saturated heterocycles. The Labute approximate surface area is 70.4 Å². The molecule has 0 aliphatic rings. The molecular formula is C8H12N2O2. The summed E-state index contributed by atoms with van der Waals surface area (Å²) in [5.41, 5.74) is 12.3. The zero-order chi connectivity index (χ0) is 9.14. The minimum absolute atomic E-state index is 0.377. The molecule has 0 aliphatic carbocycles. The van der Waals surface area contributed by atoms with Crippen LogP contribution in [0.15, 0.2) is 18.2 Å². The van der Waals surface area contributed by atoms with Gasteiger partial charge in [-0.2, -0.15) is 0 Å². The fourth-order valence-corrected chi connectivity index (χ4v) is 1.08. The minimum Gasteiger partial charge on any atom is -0.398 e. The summed E-state index contributed by atoms with van der Waals surface area (Å²) in [7, 11) is 0. The van der Waals surface area contributed by atoms with E-state index < -0.39 is 6.10 Å². The van der Waals surface area contributed by atoms with Crippen molar-refractivity contribution in [3.8, 4) is 0 Å². The van der Waals surface area contributed by atoms with Crippen LogP contribution in [0.1, 0.15) is 11.7 Å². The molecule has 4 nitrogen and oxygen atoms in total. The molecule has 0 aliphatic heterocycles. The molecule has 12 heavy (non-hydrogen) atoms. The Bertz CT molecular complexity index is 256. The molecule has 0 aromatic heterocycles. The lowest BCUT2D eigenvalue weighted by Crippen LogP contribution is -2.09. The number of aliphatic hydroxyl groups is 2. The number of anilines is 2. The quantitative estimate of drug-likeness (QED) is 0.463. The van der Waals surface area contributed by atoms with Gasteiger partial charge in [0.1, 0.15) is 6.10 Å². The molecule has 1 rings (SSSR count). The number of nitrogens with two attached hydrogens (primary N) is 2. The van der Waals surface area contributed by atoms with Crippen molar-refractivity contribution in [3.63, 3.8) is 0 Å². The van der Waals surface area contributed by atoms with Crippen LogP contribution >= 0.6 is 0 Å². The molecule has 1 aromatic rings. The molecule has 0 heterocycles. The van der Waals surface area contributed by atoms with E-state index in [1.165, 1.54) is 0 Å². The van der Waals surface area contributed by atoms with Crippen LogP contribution in [-0.2, 0) is 0 Å². The topological polar surface area (TPSA) is 92.5 Å². The van der Waals surface area contributed by atoms with Gasteiger partial charge in [0.25, 0.3) is 0 Å². The summed E-state index contributed by atoms with van der Waals surface area (Å²) in [5, 5.41) is 18.0. The second-order valence-electron chi connectivity index (χ2n) is 2.55. The van der Waals surface area contributed by atoms with Crippen molar-refractivity contribution >= 4 is 11.4 Å². The van der Waals surface area contributed by atoms with E-state index in [1.54, 1.807) is 18.2 Å². The predicted octanol–water partition coefficient (Wildman–Crippen LogP) is -0.123. The van der Waals surface area contributed by atoms with Gasteiger partial charge in [-0.25, -0.2) is 0 Å². The fraction of sp³-hybridized carbons (Fsp3) is 0.250. The third-order valence-electron chi connectivity index (χ3n) is 1.68. The standard InChI is InChI=1S/C8H12N2O2/c9-5-2-1-3-6(10)8(5)7(12)4-11/h1-3,7,11-12H,4,9-10H2. The van der Waals surface area contributed by atoms with Crippen molar-refractivity contribution in [2.24, 2.45) is 0 Å². The second kappa shape index (κ2) is 3.42. The molecule has 66 valence electrons. The highest BCUT2D eigenvalue weighted by atomic mass is 16.3. The average molecular weight is 168 g/mol. The summed E-state index contributed by atoms with van der Waals surface area (Å²) >= 11 is 0. The van der Waals surface area contributed by atoms with Crippen LogP contribution in [-0.4, -0.2) is 16.8 Å². The molecule has 1 atom stereocenters. The largest absolute Gasteiger partial charge is 0.398 e. The Hall–Kier alpha value is -1.26. The second-order valence-corrected chi connectivity index (χ2v) is 2.55. The van der Waals surface area contributed by atoms with E-state index in [9.17, 15) is 5.11 Å². The summed E-state index contributed by atoms with van der Waals surface area (Å²) in [6.45, 7) is -0.377. The van der Waals surface area contributed by atoms with E-state index in [4.69, 9.17) is 16.6 Å². The van der Waals surface area contributed by atoms with Crippen molar-refractivity contribution in [2.75, 3.05) is 18.1 Å². The fourth-order valence-electron chi connectivity index (χ4n) is 1.08. The summed E-state index contributed by atoms with van der Waals surface area (Å²) in [4.78, 5) is 0. The number of hydrogen-bond donors (Lipinski definition) is 4. The third-order valence-corrected chi connectivity index (χ3v) is 1.68. The van der Waals surface area contributed by atoms with E-state index in [0.29, 0.717) is 16.9 Å². The minimum atomic E-state index is -0.994. The van der Waals surface area contributed by atoms with E-state index in [-0.39, 0.29) is 6.61 Å². The summed E-state index contributed by atoms with van der Waals surface area (Å²) in [6, 6.07) is 4.95. The number of benzene rings is 1. The van der Waals surface area contributed by atoms with Crippen LogP contribution in [0.5, 0.6) is 0 Å². The van der Waals surface area contributed by atoms with Crippen LogP contribution in [0.25, 0.3) is 0 Å². The van der Waals surface area contributed by atoms with E-state index >= 15 is 0 Å². The van der Waals surface area contributed by atoms with Crippen LogP contribution in [0.4, 0.5) is 11.4 Å². The van der Waals surface area contributed by atoms with Crippen molar-refractivity contribution < 1.29 is 10.2 Å². The lowest BCUT2D eigenvalue weighted by molar-refractivity contribution is 0.0967. The zero-order valence-corrected chi connectivity index (χ0v) is 6.57. The van der Waals surface area contributed by atoms with Gasteiger partial charge in [-0.1, -0.05) is 6.07 Å². The first kappa shape index (κ1) is 8.83. The predicted molar refractivity (Wildman–Crippen MR) is 47.3 cm³/mol. The molecular weight excluding hydrogens is 156 g/mol. The van der Waals surface area contributed by atoms with Crippen LogP contribution < -0.4 is 11.5 Å². The van der Waals surface area contributed by atoms with Gasteiger partial charge in [0, 0.05) is 16.9 Å². The van der Waals surface area contributed by atoms with Gasteiger partial charge in [-0.15, -0.1) is 0 Å². The Morgan fingerprint density at radius 2 is 1.75 bits per heavy atom. The van der Waals surface area contributed by atoms with Gasteiger partial charge >= 0.3 is 0 Å². The molecule has 6 N–H and O–H groups in total. The maximum Gasteiger partial charge on any atom is 0.106 e. The van der Waals surface area contributed by atoms with Crippen molar-refractivity contribution in [2.45, 2.75) is 6.10 Å². The normalized spacial score (nSPS) is 12.8. The SMILES string of the molecule is Nc1cccc(N)c1C(O)CO. The average Bonchev–Trinajstić information content (AvgIpc) is 2.03. The molecule has 0 spiro atoms. The molecule has 1 aromatic carbocycles. The van der Waals surface area contributed by atoms with Gasteiger partial charge < -0.3 is 21.7 Å². The molecule has 0 fully saturated rings. The first-order valence-electron chi connectivity index (χ1n) is 3.59. The molecule has 1 unspecified atom stereocenters. The number of nitrogen functional groups attached to an aromatic ring is 2. The maximum absolute atomic E-state index is 9.28. The lowest BCUT2D eigenvalue weighted by Gasteiger charge is -2.12. The first-order valence-corrected chi connectivity index (χ1v) is 3.59. The highest BCUT2D eigenvalue weighted by molar-refractivity contribution is 5.62. The van der Waals surface area contributed by atoms with Crippen LogP contribution in [0.3, 0.4) is 0 Å². The Morgan fingerprint density at radius 1 is 1.25 bits per heavy atom. The van der Waals surface area contributed by atoms with Crippen LogP contribution in [0, 0.1) is 0 Å². The van der Waals surface area contributed by atoms with Crippen molar-refractivity contribution in [1.82, 2.24) is 0 Å². The van der Waals surface area contributed by atoms with Crippen molar-refractivity contribution in [1.29, 1.82) is 0 Å². The molecule has 0 bridgehead atoms. The lowest BCUT2D eigenvalue weighted by atomic mass is 10.1. The maximum atomic E-state index is 9.28. The Balaban J connectivity index is 3.12. The highest BCUT2D eigenvalue weighted by Crippen LogP contribution is 2.25. The summed E-state index contributed by atoms with van der Waals surface area (Å²) in [5.74, 6) is 0. The van der Waals surface area contributed by atoms with Gasteiger partial charge in [0.15, 0.2) is 0 Å². The van der Waals surface area contributed by atoms with Crippen LogP contribution in [0.2, 0.25) is 0 Å². The number of rotatable bonds is 2. The smallest absolute Gasteiger partial charge is 0.106 e. The van der Waals surface area contributed by atoms with Gasteiger partial charge in [0.2, 0.25) is 0 Å².